The molecule has 0 aliphatic carbocycles. The van der Waals surface area contributed by atoms with Gasteiger partial charge in [0.25, 0.3) is 5.91 Å². The second-order valence-corrected chi connectivity index (χ2v) is 5.60. The predicted molar refractivity (Wildman–Crippen MR) is 93.6 cm³/mol. The summed E-state index contributed by atoms with van der Waals surface area (Å²) in [6, 6.07) is 12.2. The fraction of sp³-hybridized carbons (Fsp3) is 0.278. The van der Waals surface area contributed by atoms with Gasteiger partial charge in [-0.2, -0.15) is 0 Å². The summed E-state index contributed by atoms with van der Waals surface area (Å²) >= 11 is 0. The Hall–Kier alpha value is -3.13. The van der Waals surface area contributed by atoms with Crippen molar-refractivity contribution in [2.45, 2.75) is 6.10 Å². The first kappa shape index (κ1) is 17.7. The zero-order chi connectivity index (χ0) is 18.5. The summed E-state index contributed by atoms with van der Waals surface area (Å²) in [6.07, 6.45) is -0.874. The zero-order valence-corrected chi connectivity index (χ0v) is 14.3. The average Bonchev–Trinajstić information content (AvgIpc) is 2.65. The fourth-order valence-electron chi connectivity index (χ4n) is 2.56. The molecule has 2 heterocycles. The van der Waals surface area contributed by atoms with E-state index in [-0.39, 0.29) is 31.4 Å². The number of rotatable bonds is 6. The van der Waals surface area contributed by atoms with Crippen LogP contribution in [0.2, 0.25) is 0 Å². The molecule has 0 spiro atoms. The smallest absolute Gasteiger partial charge is 0.326 e. The normalized spacial score (nSPS) is 16.0. The lowest BCUT2D eigenvalue weighted by Gasteiger charge is -2.33. The van der Waals surface area contributed by atoms with E-state index in [2.05, 4.69) is 4.98 Å². The number of methoxy groups -OCH3 is 1. The molecule has 8 nitrogen and oxygen atoms in total. The highest BCUT2D eigenvalue weighted by Crippen LogP contribution is 2.37. The van der Waals surface area contributed by atoms with Crippen LogP contribution < -0.4 is 15.4 Å². The van der Waals surface area contributed by atoms with Gasteiger partial charge >= 0.3 is 5.97 Å². The van der Waals surface area contributed by atoms with Gasteiger partial charge in [0.05, 0.1) is 6.61 Å². The molecule has 1 amide bonds. The van der Waals surface area contributed by atoms with Gasteiger partial charge in [-0.3, -0.25) is 14.5 Å². The number of esters is 1. The second-order valence-electron chi connectivity index (χ2n) is 5.60. The number of pyridine rings is 1. The Morgan fingerprint density at radius 1 is 1.23 bits per heavy atom. The van der Waals surface area contributed by atoms with Gasteiger partial charge in [0.1, 0.15) is 19.0 Å². The molecule has 1 atom stereocenters. The first-order chi connectivity index (χ1) is 12.6. The van der Waals surface area contributed by atoms with Gasteiger partial charge in [-0.15, -0.1) is 0 Å². The Labute approximate surface area is 150 Å². The van der Waals surface area contributed by atoms with Crippen LogP contribution in [0.1, 0.15) is 11.7 Å². The summed E-state index contributed by atoms with van der Waals surface area (Å²) in [6.45, 7) is 0.0864. The quantitative estimate of drug-likeness (QED) is 0.614. The Balaban J connectivity index is 1.88. The van der Waals surface area contributed by atoms with Gasteiger partial charge in [-0.1, -0.05) is 30.3 Å². The van der Waals surface area contributed by atoms with Gasteiger partial charge in [-0.05, 0) is 12.1 Å². The monoisotopic (exact) mass is 357 g/mol. The highest BCUT2D eigenvalue weighted by atomic mass is 16.6. The maximum atomic E-state index is 13.0. The SMILES string of the molecule is COCCOC(=O)CN1C(=O)C(c2ccccc2)Oc2ccc(N)nc21. The number of carbonyl (C=O) groups is 2. The van der Waals surface area contributed by atoms with E-state index in [1.54, 1.807) is 24.3 Å². The van der Waals surface area contributed by atoms with E-state index in [1.807, 2.05) is 18.2 Å². The second kappa shape index (κ2) is 7.83. The van der Waals surface area contributed by atoms with Gasteiger partial charge in [0.2, 0.25) is 6.10 Å². The van der Waals surface area contributed by atoms with Gasteiger partial charge in [0, 0.05) is 12.7 Å². The third kappa shape index (κ3) is 3.75. The average molecular weight is 357 g/mol. The summed E-state index contributed by atoms with van der Waals surface area (Å²) in [4.78, 5) is 30.4. The van der Waals surface area contributed by atoms with Crippen molar-refractivity contribution in [2.24, 2.45) is 0 Å². The van der Waals surface area contributed by atoms with Crippen LogP contribution in [0.3, 0.4) is 0 Å². The third-order valence-corrected chi connectivity index (χ3v) is 3.79. The highest BCUT2D eigenvalue weighted by molar-refractivity contribution is 6.02. The van der Waals surface area contributed by atoms with Crippen LogP contribution in [0.4, 0.5) is 11.6 Å². The Morgan fingerprint density at radius 2 is 2.00 bits per heavy atom. The Kier molecular flexibility index (Phi) is 5.33. The third-order valence-electron chi connectivity index (χ3n) is 3.79. The molecule has 3 rings (SSSR count). The number of nitrogens with two attached hydrogens (primary N) is 1. The summed E-state index contributed by atoms with van der Waals surface area (Å²) in [5.74, 6) is -0.191. The maximum absolute atomic E-state index is 13.0. The maximum Gasteiger partial charge on any atom is 0.326 e. The summed E-state index contributed by atoms with van der Waals surface area (Å²) < 4.78 is 15.7. The molecule has 0 bridgehead atoms. The molecule has 8 heteroatoms. The van der Waals surface area contributed by atoms with Gasteiger partial charge < -0.3 is 19.9 Å². The summed E-state index contributed by atoms with van der Waals surface area (Å²) in [5, 5.41) is 0. The molecular formula is C18H19N3O5. The van der Waals surface area contributed by atoms with Crippen molar-refractivity contribution in [3.8, 4) is 5.75 Å². The predicted octanol–water partition coefficient (Wildman–Crippen LogP) is 1.32. The first-order valence-corrected chi connectivity index (χ1v) is 8.04. The Morgan fingerprint density at radius 3 is 2.73 bits per heavy atom. The van der Waals surface area contributed by atoms with Crippen molar-refractivity contribution in [3.05, 3.63) is 48.0 Å². The number of hydrogen-bond donors (Lipinski definition) is 1. The van der Waals surface area contributed by atoms with Crippen molar-refractivity contribution in [1.82, 2.24) is 4.98 Å². The van der Waals surface area contributed by atoms with Crippen molar-refractivity contribution in [2.75, 3.05) is 37.5 Å². The molecule has 136 valence electrons. The van der Waals surface area contributed by atoms with Gasteiger partial charge in [0.15, 0.2) is 11.6 Å². The molecule has 0 radical (unpaired) electrons. The summed E-state index contributed by atoms with van der Waals surface area (Å²) in [5.41, 5.74) is 6.41. The van der Waals surface area contributed by atoms with Crippen molar-refractivity contribution < 1.29 is 23.8 Å². The minimum absolute atomic E-state index is 0.104. The van der Waals surface area contributed by atoms with Crippen LogP contribution >= 0.6 is 0 Å². The largest absolute Gasteiger partial charge is 0.472 e. The van der Waals surface area contributed by atoms with E-state index < -0.39 is 18.0 Å². The molecule has 0 saturated carbocycles. The van der Waals surface area contributed by atoms with Gasteiger partial charge in [-0.25, -0.2) is 4.98 Å². The number of carbonyl (C=O) groups excluding carboxylic acids is 2. The van der Waals surface area contributed by atoms with E-state index in [9.17, 15) is 9.59 Å². The number of fused-ring (bicyclic) bond motifs is 1. The van der Waals surface area contributed by atoms with Crippen LogP contribution in [0.5, 0.6) is 5.75 Å². The van der Waals surface area contributed by atoms with E-state index in [0.717, 1.165) is 0 Å². The fourth-order valence-corrected chi connectivity index (χ4v) is 2.56. The molecule has 2 N–H and O–H groups in total. The van der Waals surface area contributed by atoms with Crippen LogP contribution in [0.25, 0.3) is 0 Å². The number of nitrogens with zero attached hydrogens (tertiary/aromatic N) is 2. The topological polar surface area (TPSA) is 104 Å². The lowest BCUT2D eigenvalue weighted by molar-refractivity contribution is -0.144. The number of anilines is 2. The van der Waals surface area contributed by atoms with Crippen molar-refractivity contribution in [1.29, 1.82) is 0 Å². The number of aromatic nitrogens is 1. The minimum Gasteiger partial charge on any atom is -0.472 e. The molecular weight excluding hydrogens is 338 g/mol. The molecule has 0 saturated heterocycles. The van der Waals surface area contributed by atoms with Crippen LogP contribution in [-0.4, -0.2) is 43.7 Å². The number of ether oxygens (including phenoxy) is 3. The molecule has 1 aliphatic heterocycles. The van der Waals surface area contributed by atoms with Crippen LogP contribution in [0.15, 0.2) is 42.5 Å². The molecule has 1 aromatic carbocycles. The first-order valence-electron chi connectivity index (χ1n) is 8.04. The van der Waals surface area contributed by atoms with Crippen LogP contribution in [0, 0.1) is 0 Å². The summed E-state index contributed by atoms with van der Waals surface area (Å²) in [7, 11) is 1.51. The van der Waals surface area contributed by atoms with E-state index in [0.29, 0.717) is 11.3 Å². The highest BCUT2D eigenvalue weighted by Gasteiger charge is 2.37. The van der Waals surface area contributed by atoms with Crippen molar-refractivity contribution >= 4 is 23.5 Å². The standard InChI is InChI=1S/C18H19N3O5/c1-24-9-10-25-15(22)11-21-17-13(7-8-14(19)20-17)26-16(18(21)23)12-5-3-2-4-6-12/h2-8,16H,9-11H2,1H3,(H2,19,20). The number of amides is 1. The Bertz CT molecular complexity index is 797. The van der Waals surface area contributed by atoms with E-state index in [1.165, 1.54) is 12.0 Å². The number of hydrogen-bond acceptors (Lipinski definition) is 7. The van der Waals surface area contributed by atoms with Crippen molar-refractivity contribution in [3.63, 3.8) is 0 Å². The molecule has 2 aromatic rings. The molecule has 1 aliphatic rings. The van der Waals surface area contributed by atoms with E-state index >= 15 is 0 Å². The van der Waals surface area contributed by atoms with Crippen LogP contribution in [-0.2, 0) is 19.1 Å². The lowest BCUT2D eigenvalue weighted by atomic mass is 10.1. The zero-order valence-electron chi connectivity index (χ0n) is 14.3. The molecule has 1 unspecified atom stereocenters. The number of nitrogen functional groups attached to an aromatic ring is 1. The molecule has 0 fully saturated rings. The minimum atomic E-state index is -0.874. The number of benzene rings is 1. The molecule has 26 heavy (non-hydrogen) atoms. The molecule has 1 aromatic heterocycles. The lowest BCUT2D eigenvalue weighted by Crippen LogP contribution is -2.45. The van der Waals surface area contributed by atoms with E-state index in [4.69, 9.17) is 19.9 Å².